The fourth-order valence-corrected chi connectivity index (χ4v) is 5.96. The highest BCUT2D eigenvalue weighted by Gasteiger charge is 2.53. The van der Waals surface area contributed by atoms with Gasteiger partial charge in [-0.15, -0.1) is 0 Å². The molecule has 0 saturated carbocycles. The number of piperazine rings is 1. The van der Waals surface area contributed by atoms with Gasteiger partial charge in [-0.05, 0) is 45.4 Å². The molecule has 1 fully saturated rings. The van der Waals surface area contributed by atoms with Crippen molar-refractivity contribution in [1.29, 1.82) is 0 Å². The van der Waals surface area contributed by atoms with Crippen molar-refractivity contribution in [1.82, 2.24) is 58.6 Å². The van der Waals surface area contributed by atoms with Crippen LogP contribution in [0.5, 0.6) is 0 Å². The summed E-state index contributed by atoms with van der Waals surface area (Å²) in [5.41, 5.74) is 8.47. The van der Waals surface area contributed by atoms with Crippen LogP contribution in [0.4, 0.5) is 4.79 Å². The lowest BCUT2D eigenvalue weighted by Gasteiger charge is -2.47. The highest BCUT2D eigenvalue weighted by molar-refractivity contribution is 5.98. The van der Waals surface area contributed by atoms with E-state index < -0.39 is 34.6 Å². The van der Waals surface area contributed by atoms with Gasteiger partial charge < -0.3 is 31.7 Å². The topological polar surface area (TPSA) is 279 Å². The maximum atomic E-state index is 13.3. The number of hydrogen-bond donors (Lipinski definition) is 6. The second-order valence-corrected chi connectivity index (χ2v) is 12.3. The molecule has 5 rings (SSSR count). The first kappa shape index (κ1) is 38.4. The molecule has 21 nitrogen and oxygen atoms in total. The number of hydrogen-bond acceptors (Lipinski definition) is 12. The molecule has 1 aliphatic heterocycles. The molecule has 1 saturated heterocycles. The Morgan fingerprint density at radius 3 is 2.16 bits per heavy atom. The molecule has 0 aromatic carbocycles. The summed E-state index contributed by atoms with van der Waals surface area (Å²) in [5, 5.41) is 5.63. The predicted octanol–water partition coefficient (Wildman–Crippen LogP) is -3.42. The van der Waals surface area contributed by atoms with Crippen LogP contribution in [0.15, 0.2) is 25.5 Å². The van der Waals surface area contributed by atoms with E-state index in [2.05, 4.69) is 30.6 Å². The van der Waals surface area contributed by atoms with Gasteiger partial charge in [-0.1, -0.05) is 6.92 Å². The van der Waals surface area contributed by atoms with E-state index in [1.54, 1.807) is 14.0 Å². The lowest BCUT2D eigenvalue weighted by atomic mass is 9.91. The number of nitrogens with zero attached hydrogens (tertiary/aromatic N) is 8. The number of primary amides is 1. The van der Waals surface area contributed by atoms with Gasteiger partial charge in [0.2, 0.25) is 5.91 Å². The summed E-state index contributed by atoms with van der Waals surface area (Å²) in [4.78, 5) is 104. The number of nitrogens with two attached hydrogens (primary N) is 2. The van der Waals surface area contributed by atoms with Crippen molar-refractivity contribution in [3.05, 3.63) is 53.8 Å². The van der Waals surface area contributed by atoms with E-state index in [0.717, 1.165) is 35.1 Å². The summed E-state index contributed by atoms with van der Waals surface area (Å²) >= 11 is 0. The largest absolute Gasteiger partial charge is 0.367 e. The minimum atomic E-state index is -1.83. The van der Waals surface area contributed by atoms with E-state index in [1.165, 1.54) is 41.5 Å². The summed E-state index contributed by atoms with van der Waals surface area (Å²) in [5.74, 6) is -1.42. The van der Waals surface area contributed by atoms with Gasteiger partial charge in [0, 0.05) is 54.2 Å². The van der Waals surface area contributed by atoms with Gasteiger partial charge in [-0.25, -0.2) is 24.4 Å². The van der Waals surface area contributed by atoms with Crippen molar-refractivity contribution >= 4 is 40.2 Å². The Labute approximate surface area is 290 Å². The van der Waals surface area contributed by atoms with E-state index in [1.807, 2.05) is 4.90 Å². The number of fused-ring (bicyclic) bond motifs is 2. The molecular weight excluding hydrogens is 668 g/mol. The molecule has 0 spiro atoms. The van der Waals surface area contributed by atoms with Gasteiger partial charge in [0.15, 0.2) is 16.8 Å². The van der Waals surface area contributed by atoms with Crippen molar-refractivity contribution in [2.45, 2.75) is 38.1 Å². The monoisotopic (exact) mass is 714 g/mol. The molecule has 4 amide bonds. The van der Waals surface area contributed by atoms with Gasteiger partial charge >= 0.3 is 17.4 Å². The maximum absolute atomic E-state index is 13.3. The van der Waals surface area contributed by atoms with Crippen LogP contribution < -0.4 is 44.6 Å². The molecule has 4 aromatic heterocycles. The number of aromatic nitrogens is 8. The van der Waals surface area contributed by atoms with Crippen LogP contribution in [-0.4, -0.2) is 112 Å². The minimum absolute atomic E-state index is 0.00568. The van der Waals surface area contributed by atoms with Gasteiger partial charge in [0.05, 0.1) is 6.33 Å². The molecule has 1 atom stereocenters. The van der Waals surface area contributed by atoms with Gasteiger partial charge in [-0.2, -0.15) is 0 Å². The Balaban J connectivity index is 0.000000372. The van der Waals surface area contributed by atoms with E-state index in [-0.39, 0.29) is 47.7 Å². The van der Waals surface area contributed by atoms with Crippen molar-refractivity contribution in [2.24, 2.45) is 39.7 Å². The van der Waals surface area contributed by atoms with Crippen LogP contribution in [0.3, 0.4) is 0 Å². The number of imide groups is 1. The number of urea groups is 1. The van der Waals surface area contributed by atoms with Crippen LogP contribution >= 0.6 is 0 Å². The van der Waals surface area contributed by atoms with Crippen LogP contribution in [0.25, 0.3) is 22.3 Å². The molecule has 8 N–H and O–H groups in total. The third-order valence-corrected chi connectivity index (χ3v) is 8.83. The average molecular weight is 715 g/mol. The SMILES string of the molecule is CCCC(=O)NC(=O)N1CCN(CCCNCCCN)CC1(C(N)=O)c1nc2c([nH]1)c(=O)n(C)c(=O)n2C.Cn1c(=O)c2[nH]cnc2n(C)c1=O. The third kappa shape index (κ3) is 7.54. The molecular formula is C30H46N14O7. The molecule has 0 bridgehead atoms. The molecule has 0 aliphatic carbocycles. The summed E-state index contributed by atoms with van der Waals surface area (Å²) in [7, 11) is 5.79. The van der Waals surface area contributed by atoms with Crippen molar-refractivity contribution in [2.75, 3.05) is 45.8 Å². The second-order valence-electron chi connectivity index (χ2n) is 12.3. The first-order chi connectivity index (χ1) is 24.2. The number of carbonyl (C=O) groups is 3. The first-order valence-electron chi connectivity index (χ1n) is 16.5. The van der Waals surface area contributed by atoms with E-state index in [9.17, 15) is 33.6 Å². The van der Waals surface area contributed by atoms with Crippen LogP contribution in [-0.2, 0) is 43.3 Å². The van der Waals surface area contributed by atoms with E-state index >= 15 is 0 Å². The highest BCUT2D eigenvalue weighted by Crippen LogP contribution is 2.32. The van der Waals surface area contributed by atoms with Crippen LogP contribution in [0, 0.1) is 0 Å². The number of carbonyl (C=O) groups excluding carboxylic acids is 3. The first-order valence-corrected chi connectivity index (χ1v) is 16.5. The maximum Gasteiger partial charge on any atom is 0.332 e. The van der Waals surface area contributed by atoms with Crippen molar-refractivity contribution < 1.29 is 14.4 Å². The number of imidazole rings is 2. The van der Waals surface area contributed by atoms with E-state index in [4.69, 9.17) is 11.5 Å². The third-order valence-electron chi connectivity index (χ3n) is 8.83. The molecule has 278 valence electrons. The van der Waals surface area contributed by atoms with Gasteiger partial charge in [0.1, 0.15) is 16.9 Å². The minimum Gasteiger partial charge on any atom is -0.367 e. The normalized spacial score (nSPS) is 16.3. The fourth-order valence-electron chi connectivity index (χ4n) is 5.96. The fraction of sp³-hybridized carbons (Fsp3) is 0.567. The Kier molecular flexibility index (Phi) is 12.1. The van der Waals surface area contributed by atoms with Gasteiger partial charge in [-0.3, -0.25) is 47.7 Å². The Bertz CT molecular complexity index is 2160. The molecule has 1 aliphatic rings. The summed E-state index contributed by atoms with van der Waals surface area (Å²) < 4.78 is 4.46. The highest BCUT2D eigenvalue weighted by atomic mass is 16.2. The van der Waals surface area contributed by atoms with Crippen LogP contribution in [0.1, 0.15) is 38.4 Å². The number of aryl methyl sites for hydroxylation is 2. The van der Waals surface area contributed by atoms with Crippen LogP contribution in [0.2, 0.25) is 0 Å². The summed E-state index contributed by atoms with van der Waals surface area (Å²) in [6, 6.07) is -0.785. The average Bonchev–Trinajstić information content (AvgIpc) is 3.79. The summed E-state index contributed by atoms with van der Waals surface area (Å²) in [6.45, 7) is 5.01. The second kappa shape index (κ2) is 16.1. The zero-order chi connectivity index (χ0) is 37.6. The standard InChI is InChI=1S/C23H38N10O5.C7H8N4O2/c1-4-7-15(34)27-21(37)33-13-12-32(11-6-10-26-9-5-8-24)14-23(33,19(25)36)20-28-16-17(29-20)30(2)22(38)31(3)18(16)35;1-10-5-4(8-3-9-5)6(12)11(2)7(10)13/h26H,4-14,24H2,1-3H3,(H2,25,36)(H,28,29)(H,27,34,37);3H,1-2H3,(H,8,9). The summed E-state index contributed by atoms with van der Waals surface area (Å²) in [6.07, 6.45) is 3.69. The Morgan fingerprint density at radius 2 is 1.53 bits per heavy atom. The Morgan fingerprint density at radius 1 is 0.902 bits per heavy atom. The number of aromatic amines is 2. The lowest BCUT2D eigenvalue weighted by molar-refractivity contribution is -0.134. The number of H-pyrrole nitrogens is 2. The molecule has 4 aromatic rings. The molecule has 0 radical (unpaired) electrons. The number of rotatable bonds is 11. The van der Waals surface area contributed by atoms with Gasteiger partial charge in [0.25, 0.3) is 17.0 Å². The number of nitrogens with one attached hydrogen (secondary N) is 4. The zero-order valence-electron chi connectivity index (χ0n) is 29.4. The van der Waals surface area contributed by atoms with Crippen molar-refractivity contribution in [3.8, 4) is 0 Å². The predicted molar refractivity (Wildman–Crippen MR) is 187 cm³/mol. The molecule has 5 heterocycles. The smallest absolute Gasteiger partial charge is 0.332 e. The number of amides is 4. The molecule has 21 heteroatoms. The molecule has 51 heavy (non-hydrogen) atoms. The lowest BCUT2D eigenvalue weighted by Crippen LogP contribution is -2.69. The Hall–Kier alpha value is -5.41. The quantitative estimate of drug-likeness (QED) is 0.0829. The van der Waals surface area contributed by atoms with Crippen molar-refractivity contribution in [3.63, 3.8) is 0 Å². The van der Waals surface area contributed by atoms with E-state index in [0.29, 0.717) is 37.2 Å². The molecule has 1 unspecified atom stereocenters. The zero-order valence-corrected chi connectivity index (χ0v) is 29.4.